The lowest BCUT2D eigenvalue weighted by Gasteiger charge is -2.29. The Balaban J connectivity index is 2.22. The second kappa shape index (κ2) is 4.86. The molecule has 1 nitrogen and oxygen atoms in total. The first kappa shape index (κ1) is 10.0. The first-order chi connectivity index (χ1) is 5.72. The summed E-state index contributed by atoms with van der Waals surface area (Å²) in [5.41, 5.74) is 0. The van der Waals surface area contributed by atoms with Crippen LogP contribution in [0.1, 0.15) is 52.9 Å². The standard InChI is InChI=1S/C11H23N/c1-4-10(3)12-11-7-5-6-9(2)8-11/h9-12H,4-8H2,1-3H3/t9-,10+,11+/m1/s1. The quantitative estimate of drug-likeness (QED) is 0.685. The zero-order valence-corrected chi connectivity index (χ0v) is 8.77. The Hall–Kier alpha value is -0.0400. The summed E-state index contributed by atoms with van der Waals surface area (Å²) in [6, 6.07) is 1.52. The van der Waals surface area contributed by atoms with Crippen LogP contribution in [0.3, 0.4) is 0 Å². The summed E-state index contributed by atoms with van der Waals surface area (Å²) in [6.45, 7) is 6.92. The van der Waals surface area contributed by atoms with Crippen LogP contribution in [0.15, 0.2) is 0 Å². The van der Waals surface area contributed by atoms with Gasteiger partial charge in [0.1, 0.15) is 0 Å². The largest absolute Gasteiger partial charge is 0.312 e. The summed E-state index contributed by atoms with van der Waals surface area (Å²) >= 11 is 0. The molecule has 0 aliphatic heterocycles. The van der Waals surface area contributed by atoms with Crippen LogP contribution in [0.2, 0.25) is 0 Å². The highest BCUT2D eigenvalue weighted by atomic mass is 14.9. The topological polar surface area (TPSA) is 12.0 Å². The molecule has 1 rings (SSSR count). The average molecular weight is 169 g/mol. The Bertz CT molecular complexity index is 122. The molecule has 3 atom stereocenters. The van der Waals surface area contributed by atoms with Gasteiger partial charge in [0.2, 0.25) is 0 Å². The Morgan fingerprint density at radius 3 is 2.75 bits per heavy atom. The van der Waals surface area contributed by atoms with E-state index in [-0.39, 0.29) is 0 Å². The van der Waals surface area contributed by atoms with Gasteiger partial charge in [-0.15, -0.1) is 0 Å². The lowest BCUT2D eigenvalue weighted by atomic mass is 9.87. The van der Waals surface area contributed by atoms with Gasteiger partial charge in [-0.25, -0.2) is 0 Å². The monoisotopic (exact) mass is 169 g/mol. The molecule has 1 fully saturated rings. The van der Waals surface area contributed by atoms with E-state index < -0.39 is 0 Å². The van der Waals surface area contributed by atoms with Gasteiger partial charge in [0.05, 0.1) is 0 Å². The van der Waals surface area contributed by atoms with Crippen LogP contribution < -0.4 is 5.32 Å². The summed E-state index contributed by atoms with van der Waals surface area (Å²) in [4.78, 5) is 0. The minimum atomic E-state index is 0.709. The Morgan fingerprint density at radius 2 is 2.17 bits per heavy atom. The van der Waals surface area contributed by atoms with Crippen molar-refractivity contribution in [3.05, 3.63) is 0 Å². The molecular weight excluding hydrogens is 146 g/mol. The first-order valence-corrected chi connectivity index (χ1v) is 5.48. The predicted octanol–water partition coefficient (Wildman–Crippen LogP) is 2.95. The molecule has 1 aliphatic carbocycles. The van der Waals surface area contributed by atoms with E-state index in [0.717, 1.165) is 12.0 Å². The molecule has 12 heavy (non-hydrogen) atoms. The van der Waals surface area contributed by atoms with Crippen LogP contribution in [0.5, 0.6) is 0 Å². The van der Waals surface area contributed by atoms with Gasteiger partial charge >= 0.3 is 0 Å². The summed E-state index contributed by atoms with van der Waals surface area (Å²) in [6.07, 6.45) is 6.91. The number of hydrogen-bond donors (Lipinski definition) is 1. The molecule has 1 heteroatoms. The smallest absolute Gasteiger partial charge is 0.00720 e. The highest BCUT2D eigenvalue weighted by Crippen LogP contribution is 2.23. The first-order valence-electron chi connectivity index (χ1n) is 5.48. The molecule has 72 valence electrons. The molecule has 0 saturated heterocycles. The van der Waals surface area contributed by atoms with Gasteiger partial charge in [-0.1, -0.05) is 26.7 Å². The molecule has 1 saturated carbocycles. The van der Waals surface area contributed by atoms with Crippen molar-refractivity contribution in [2.45, 2.75) is 65.0 Å². The van der Waals surface area contributed by atoms with Gasteiger partial charge in [0, 0.05) is 12.1 Å². The van der Waals surface area contributed by atoms with Crippen molar-refractivity contribution in [2.24, 2.45) is 5.92 Å². The van der Waals surface area contributed by atoms with E-state index in [9.17, 15) is 0 Å². The lowest BCUT2D eigenvalue weighted by Crippen LogP contribution is -2.39. The third-order valence-electron chi connectivity index (χ3n) is 3.07. The normalized spacial score (nSPS) is 33.2. The van der Waals surface area contributed by atoms with Crippen molar-refractivity contribution >= 4 is 0 Å². The molecule has 0 unspecified atom stereocenters. The summed E-state index contributed by atoms with van der Waals surface area (Å²) < 4.78 is 0. The van der Waals surface area contributed by atoms with E-state index in [1.807, 2.05) is 0 Å². The van der Waals surface area contributed by atoms with Crippen molar-refractivity contribution in [1.29, 1.82) is 0 Å². The molecule has 0 aromatic heterocycles. The van der Waals surface area contributed by atoms with Gasteiger partial charge in [-0.3, -0.25) is 0 Å². The van der Waals surface area contributed by atoms with Gasteiger partial charge in [0.25, 0.3) is 0 Å². The third kappa shape index (κ3) is 3.14. The maximum atomic E-state index is 3.70. The SMILES string of the molecule is CC[C@H](C)N[C@H]1CCC[C@@H](C)C1. The fraction of sp³-hybridized carbons (Fsp3) is 1.00. The van der Waals surface area contributed by atoms with Crippen molar-refractivity contribution in [3.63, 3.8) is 0 Å². The maximum Gasteiger partial charge on any atom is 0.00720 e. The van der Waals surface area contributed by atoms with Gasteiger partial charge < -0.3 is 5.32 Å². The fourth-order valence-corrected chi connectivity index (χ4v) is 2.11. The molecule has 0 aromatic carbocycles. The zero-order valence-electron chi connectivity index (χ0n) is 8.77. The second-order valence-electron chi connectivity index (χ2n) is 4.44. The zero-order chi connectivity index (χ0) is 8.97. The van der Waals surface area contributed by atoms with Crippen molar-refractivity contribution < 1.29 is 0 Å². The molecule has 0 amide bonds. The van der Waals surface area contributed by atoms with Crippen LogP contribution in [0.25, 0.3) is 0 Å². The number of hydrogen-bond acceptors (Lipinski definition) is 1. The Morgan fingerprint density at radius 1 is 1.42 bits per heavy atom. The van der Waals surface area contributed by atoms with Gasteiger partial charge in [-0.2, -0.15) is 0 Å². The third-order valence-corrected chi connectivity index (χ3v) is 3.07. The summed E-state index contributed by atoms with van der Waals surface area (Å²) in [7, 11) is 0. The molecule has 0 aromatic rings. The summed E-state index contributed by atoms with van der Waals surface area (Å²) in [5.74, 6) is 0.945. The second-order valence-corrected chi connectivity index (χ2v) is 4.44. The highest BCUT2D eigenvalue weighted by molar-refractivity contribution is 4.77. The molecule has 0 heterocycles. The van der Waals surface area contributed by atoms with Crippen LogP contribution in [-0.2, 0) is 0 Å². The van der Waals surface area contributed by atoms with E-state index in [1.54, 1.807) is 0 Å². The van der Waals surface area contributed by atoms with Crippen LogP contribution in [0.4, 0.5) is 0 Å². The molecule has 0 radical (unpaired) electrons. The predicted molar refractivity (Wildman–Crippen MR) is 54.3 cm³/mol. The van der Waals surface area contributed by atoms with Gasteiger partial charge in [-0.05, 0) is 32.1 Å². The maximum absolute atomic E-state index is 3.70. The summed E-state index contributed by atoms with van der Waals surface area (Å²) in [5, 5.41) is 3.70. The van der Waals surface area contributed by atoms with Crippen molar-refractivity contribution in [1.82, 2.24) is 5.32 Å². The number of rotatable bonds is 3. The van der Waals surface area contributed by atoms with Crippen LogP contribution in [-0.4, -0.2) is 12.1 Å². The molecule has 0 bridgehead atoms. The van der Waals surface area contributed by atoms with E-state index in [1.165, 1.54) is 32.1 Å². The molecular formula is C11H23N. The van der Waals surface area contributed by atoms with Crippen molar-refractivity contribution in [3.8, 4) is 0 Å². The lowest BCUT2D eigenvalue weighted by molar-refractivity contribution is 0.282. The minimum Gasteiger partial charge on any atom is -0.312 e. The molecule has 1 aliphatic rings. The molecule has 0 spiro atoms. The van der Waals surface area contributed by atoms with Crippen LogP contribution >= 0.6 is 0 Å². The number of nitrogens with one attached hydrogen (secondary N) is 1. The minimum absolute atomic E-state index is 0.709. The van der Waals surface area contributed by atoms with E-state index in [4.69, 9.17) is 0 Å². The van der Waals surface area contributed by atoms with Crippen molar-refractivity contribution in [2.75, 3.05) is 0 Å². The average Bonchev–Trinajstić information content (AvgIpc) is 2.04. The van der Waals surface area contributed by atoms with E-state index in [2.05, 4.69) is 26.1 Å². The molecule has 1 N–H and O–H groups in total. The van der Waals surface area contributed by atoms with Crippen LogP contribution in [0, 0.1) is 5.92 Å². The Labute approximate surface area is 76.9 Å². The van der Waals surface area contributed by atoms with E-state index >= 15 is 0 Å². The van der Waals surface area contributed by atoms with E-state index in [0.29, 0.717) is 6.04 Å². The van der Waals surface area contributed by atoms with Gasteiger partial charge in [0.15, 0.2) is 0 Å². The fourth-order valence-electron chi connectivity index (χ4n) is 2.11. The highest BCUT2D eigenvalue weighted by Gasteiger charge is 2.19. The Kier molecular flexibility index (Phi) is 4.07.